The SMILES string of the molecule is O=C(Cn1c(=S)[nH]c2cc(F)ccc21)N1CCCCC1. The summed E-state index contributed by atoms with van der Waals surface area (Å²) >= 11 is 5.23. The molecule has 1 amide bonds. The highest BCUT2D eigenvalue weighted by molar-refractivity contribution is 7.71. The van der Waals surface area contributed by atoms with Gasteiger partial charge in [-0.2, -0.15) is 0 Å². The van der Waals surface area contributed by atoms with Gasteiger partial charge in [-0.3, -0.25) is 4.79 Å². The summed E-state index contributed by atoms with van der Waals surface area (Å²) in [5, 5.41) is 0. The fourth-order valence-corrected chi connectivity index (χ4v) is 2.94. The first kappa shape index (κ1) is 13.3. The third kappa shape index (κ3) is 2.47. The van der Waals surface area contributed by atoms with Crippen LogP contribution in [0.2, 0.25) is 0 Å². The molecule has 20 heavy (non-hydrogen) atoms. The lowest BCUT2D eigenvalue weighted by atomic mass is 10.1. The number of rotatable bonds is 2. The van der Waals surface area contributed by atoms with Gasteiger partial charge in [0, 0.05) is 13.1 Å². The van der Waals surface area contributed by atoms with E-state index in [0.29, 0.717) is 10.3 Å². The van der Waals surface area contributed by atoms with Gasteiger partial charge in [0.05, 0.1) is 11.0 Å². The highest BCUT2D eigenvalue weighted by Gasteiger charge is 2.18. The summed E-state index contributed by atoms with van der Waals surface area (Å²) < 4.78 is 15.4. The monoisotopic (exact) mass is 293 g/mol. The Kier molecular flexibility index (Phi) is 3.56. The number of fused-ring (bicyclic) bond motifs is 1. The minimum Gasteiger partial charge on any atom is -0.341 e. The molecule has 3 rings (SSSR count). The number of aromatic amines is 1. The van der Waals surface area contributed by atoms with Crippen LogP contribution in [0.1, 0.15) is 19.3 Å². The molecule has 6 heteroatoms. The van der Waals surface area contributed by atoms with Crippen LogP contribution in [-0.2, 0) is 11.3 Å². The number of piperidine rings is 1. The number of aromatic nitrogens is 2. The number of amides is 1. The normalized spacial score (nSPS) is 15.8. The average Bonchev–Trinajstić information content (AvgIpc) is 2.75. The predicted octanol–water partition coefficient (Wildman–Crippen LogP) is 2.85. The number of carbonyl (C=O) groups is 1. The summed E-state index contributed by atoms with van der Waals surface area (Å²) in [5.74, 6) is -0.241. The predicted molar refractivity (Wildman–Crippen MR) is 77.5 cm³/mol. The summed E-state index contributed by atoms with van der Waals surface area (Å²) in [6, 6.07) is 4.43. The number of hydrogen-bond donors (Lipinski definition) is 1. The van der Waals surface area contributed by atoms with Gasteiger partial charge in [-0.25, -0.2) is 4.39 Å². The van der Waals surface area contributed by atoms with Gasteiger partial charge >= 0.3 is 0 Å². The van der Waals surface area contributed by atoms with E-state index < -0.39 is 0 Å². The Hall–Kier alpha value is -1.69. The smallest absolute Gasteiger partial charge is 0.242 e. The van der Waals surface area contributed by atoms with Gasteiger partial charge in [-0.05, 0) is 49.7 Å². The van der Waals surface area contributed by atoms with E-state index in [1.54, 1.807) is 10.6 Å². The minimum absolute atomic E-state index is 0.0750. The second-order valence-corrected chi connectivity index (χ2v) is 5.51. The molecule has 1 aromatic heterocycles. The quantitative estimate of drug-likeness (QED) is 0.865. The Morgan fingerprint density at radius 2 is 2.05 bits per heavy atom. The lowest BCUT2D eigenvalue weighted by molar-refractivity contribution is -0.132. The van der Waals surface area contributed by atoms with Crippen molar-refractivity contribution in [1.29, 1.82) is 0 Å². The fraction of sp³-hybridized carbons (Fsp3) is 0.429. The molecule has 1 saturated heterocycles. The molecular formula is C14H16FN3OS. The third-order valence-corrected chi connectivity index (χ3v) is 4.06. The van der Waals surface area contributed by atoms with Crippen molar-refractivity contribution in [3.8, 4) is 0 Å². The average molecular weight is 293 g/mol. The van der Waals surface area contributed by atoms with Crippen LogP contribution in [0.15, 0.2) is 18.2 Å². The van der Waals surface area contributed by atoms with Gasteiger partial charge in [0.25, 0.3) is 0 Å². The zero-order chi connectivity index (χ0) is 14.1. The Labute approximate surface area is 121 Å². The summed E-state index contributed by atoms with van der Waals surface area (Å²) in [6.07, 6.45) is 3.32. The molecule has 1 N–H and O–H groups in total. The first-order chi connectivity index (χ1) is 9.65. The second kappa shape index (κ2) is 5.36. The topological polar surface area (TPSA) is 41.0 Å². The number of imidazole rings is 1. The van der Waals surface area contributed by atoms with Gasteiger partial charge in [-0.15, -0.1) is 0 Å². The van der Waals surface area contributed by atoms with Crippen molar-refractivity contribution >= 4 is 29.2 Å². The molecule has 1 aromatic carbocycles. The van der Waals surface area contributed by atoms with E-state index in [1.807, 2.05) is 4.90 Å². The van der Waals surface area contributed by atoms with Crippen LogP contribution in [-0.4, -0.2) is 33.4 Å². The van der Waals surface area contributed by atoms with E-state index in [9.17, 15) is 9.18 Å². The van der Waals surface area contributed by atoms with Crippen molar-refractivity contribution in [2.75, 3.05) is 13.1 Å². The molecule has 0 radical (unpaired) electrons. The van der Waals surface area contributed by atoms with E-state index in [-0.39, 0.29) is 18.3 Å². The standard InChI is InChI=1S/C14H16FN3OS/c15-10-4-5-12-11(8-10)16-14(20)18(12)9-13(19)17-6-2-1-3-7-17/h4-5,8H,1-3,6-7,9H2,(H,16,20). The molecule has 1 aliphatic rings. The number of hydrogen-bond acceptors (Lipinski definition) is 2. The Morgan fingerprint density at radius 3 is 2.80 bits per heavy atom. The van der Waals surface area contributed by atoms with Crippen LogP contribution in [0.5, 0.6) is 0 Å². The van der Waals surface area contributed by atoms with Crippen LogP contribution >= 0.6 is 12.2 Å². The molecule has 0 saturated carbocycles. The van der Waals surface area contributed by atoms with Crippen molar-refractivity contribution in [1.82, 2.24) is 14.5 Å². The molecule has 2 aromatic rings. The molecule has 1 fully saturated rings. The van der Waals surface area contributed by atoms with Crippen LogP contribution in [0.3, 0.4) is 0 Å². The Balaban J connectivity index is 1.88. The van der Waals surface area contributed by atoms with Crippen molar-refractivity contribution in [3.05, 3.63) is 28.8 Å². The zero-order valence-corrected chi connectivity index (χ0v) is 11.9. The number of likely N-dealkylation sites (tertiary alicyclic amines) is 1. The molecule has 0 unspecified atom stereocenters. The second-order valence-electron chi connectivity index (χ2n) is 5.12. The van der Waals surface area contributed by atoms with Crippen LogP contribution in [0.4, 0.5) is 4.39 Å². The molecule has 106 valence electrons. The van der Waals surface area contributed by atoms with E-state index in [4.69, 9.17) is 12.2 Å². The van der Waals surface area contributed by atoms with Crippen LogP contribution in [0.25, 0.3) is 11.0 Å². The first-order valence-corrected chi connectivity index (χ1v) is 7.22. The minimum atomic E-state index is -0.316. The van der Waals surface area contributed by atoms with Gasteiger partial charge in [0.2, 0.25) is 5.91 Å². The van der Waals surface area contributed by atoms with Gasteiger partial charge in [0.1, 0.15) is 12.4 Å². The lowest BCUT2D eigenvalue weighted by Crippen LogP contribution is -2.37. The molecule has 2 heterocycles. The summed E-state index contributed by atoms with van der Waals surface area (Å²) in [4.78, 5) is 17.1. The molecular weight excluding hydrogens is 277 g/mol. The number of halogens is 1. The largest absolute Gasteiger partial charge is 0.341 e. The number of H-pyrrole nitrogens is 1. The highest BCUT2D eigenvalue weighted by atomic mass is 32.1. The van der Waals surface area contributed by atoms with Crippen molar-refractivity contribution < 1.29 is 9.18 Å². The molecule has 0 bridgehead atoms. The first-order valence-electron chi connectivity index (χ1n) is 6.81. The molecule has 0 aliphatic carbocycles. The summed E-state index contributed by atoms with van der Waals surface area (Å²) in [5.41, 5.74) is 1.39. The van der Waals surface area contributed by atoms with E-state index >= 15 is 0 Å². The van der Waals surface area contributed by atoms with Crippen molar-refractivity contribution in [2.24, 2.45) is 0 Å². The molecule has 0 spiro atoms. The van der Waals surface area contributed by atoms with E-state index in [0.717, 1.165) is 31.4 Å². The lowest BCUT2D eigenvalue weighted by Gasteiger charge is -2.26. The van der Waals surface area contributed by atoms with Crippen molar-refractivity contribution in [3.63, 3.8) is 0 Å². The van der Waals surface area contributed by atoms with Crippen LogP contribution < -0.4 is 0 Å². The summed E-state index contributed by atoms with van der Waals surface area (Å²) in [7, 11) is 0. The number of nitrogens with zero attached hydrogens (tertiary/aromatic N) is 2. The van der Waals surface area contributed by atoms with E-state index in [1.165, 1.54) is 18.6 Å². The van der Waals surface area contributed by atoms with Gasteiger partial charge < -0.3 is 14.5 Å². The maximum Gasteiger partial charge on any atom is 0.242 e. The molecule has 0 atom stereocenters. The van der Waals surface area contributed by atoms with E-state index in [2.05, 4.69) is 4.98 Å². The number of nitrogens with one attached hydrogen (secondary N) is 1. The Morgan fingerprint density at radius 1 is 1.30 bits per heavy atom. The highest BCUT2D eigenvalue weighted by Crippen LogP contribution is 2.16. The van der Waals surface area contributed by atoms with Crippen LogP contribution in [0, 0.1) is 10.6 Å². The maximum atomic E-state index is 13.2. The molecule has 4 nitrogen and oxygen atoms in total. The van der Waals surface area contributed by atoms with Gasteiger partial charge in [-0.1, -0.05) is 0 Å². The number of benzene rings is 1. The third-order valence-electron chi connectivity index (χ3n) is 3.74. The maximum absolute atomic E-state index is 13.2. The number of carbonyl (C=O) groups excluding carboxylic acids is 1. The summed E-state index contributed by atoms with van der Waals surface area (Å²) in [6.45, 7) is 1.86. The zero-order valence-electron chi connectivity index (χ0n) is 11.1. The molecule has 1 aliphatic heterocycles. The van der Waals surface area contributed by atoms with Gasteiger partial charge in [0.15, 0.2) is 4.77 Å². The fourth-order valence-electron chi connectivity index (χ4n) is 2.67. The van der Waals surface area contributed by atoms with Crippen molar-refractivity contribution in [2.45, 2.75) is 25.8 Å². The Bertz CT molecular complexity index is 700.